The van der Waals surface area contributed by atoms with Gasteiger partial charge in [-0.3, -0.25) is 24.0 Å². The first-order valence-corrected chi connectivity index (χ1v) is 29.0. The van der Waals surface area contributed by atoms with Gasteiger partial charge in [-0.05, 0) is 172 Å². The fraction of sp³-hybridized carbons (Fsp3) is 0.609. The zero-order chi connectivity index (χ0) is 59.0. The van der Waals surface area contributed by atoms with Crippen LogP contribution in [-0.2, 0) is 46.4 Å². The van der Waals surface area contributed by atoms with Crippen molar-refractivity contribution in [3.05, 3.63) is 119 Å². The van der Waals surface area contributed by atoms with Crippen LogP contribution in [-0.4, -0.2) is 137 Å². The molecule has 6 saturated carbocycles. The third-order valence-electron chi connectivity index (χ3n) is 23.0. The number of carbonyl (C=O) groups is 5. The molecule has 0 unspecified atom stereocenters. The maximum Gasteiger partial charge on any atom is 1.00 e. The van der Waals surface area contributed by atoms with Crippen LogP contribution in [0.2, 0.25) is 0 Å². The number of carboxylic acids is 1. The Morgan fingerprint density at radius 2 is 1.07 bits per heavy atom. The third kappa shape index (κ3) is 10.1. The van der Waals surface area contributed by atoms with Crippen LogP contribution in [0.4, 0.5) is 22.0 Å². The molecule has 2 aliphatic heterocycles. The van der Waals surface area contributed by atoms with E-state index in [9.17, 15) is 38.9 Å². The number of aliphatic carboxylic acids is 1. The molecule has 2 aromatic carbocycles. The van der Waals surface area contributed by atoms with Crippen LogP contribution in [0.15, 0.2) is 108 Å². The molecular weight excluding hydrogens is 1110 g/mol. The number of halogens is 5. The number of carbonyl (C=O) groups excluding carboxylic acids is 4. The summed E-state index contributed by atoms with van der Waals surface area (Å²) in [6.07, 6.45) is 6.00. The van der Waals surface area contributed by atoms with Crippen LogP contribution in [0.1, 0.15) is 91.6 Å². The topological polar surface area (TPSA) is 194 Å². The number of hydrogen-bond donors (Lipinski definition) is 3. The second-order valence-electron chi connectivity index (χ2n) is 26.2. The van der Waals surface area contributed by atoms with E-state index in [4.69, 9.17) is 14.8 Å². The van der Waals surface area contributed by atoms with E-state index in [-0.39, 0.29) is 133 Å². The molecule has 10 aliphatic rings. The molecule has 0 radical (unpaired) electrons. The minimum Gasteiger partial charge on any atom is -1.00 e. The Morgan fingerprint density at radius 1 is 0.679 bits per heavy atom. The van der Waals surface area contributed by atoms with E-state index in [1.54, 1.807) is 13.8 Å². The Morgan fingerprint density at radius 3 is 1.46 bits per heavy atom. The molecule has 84 heavy (non-hydrogen) atoms. The average molecular weight is 1190 g/mol. The van der Waals surface area contributed by atoms with Gasteiger partial charge in [0.15, 0.2) is 22.9 Å². The van der Waals surface area contributed by atoms with E-state index in [2.05, 4.69) is 39.0 Å². The molecule has 0 amide bonds. The average Bonchev–Trinajstić information content (AvgIpc) is 1.68. The summed E-state index contributed by atoms with van der Waals surface area (Å²) in [6, 6.07) is 20.4. The molecule has 13 nitrogen and oxygen atoms in total. The van der Waals surface area contributed by atoms with Crippen molar-refractivity contribution in [2.24, 2.45) is 68.0 Å². The fourth-order valence-corrected chi connectivity index (χ4v) is 19.3. The zero-order valence-electron chi connectivity index (χ0n) is 50.0. The molecule has 0 aromatic heterocycles. The number of rotatable bonds is 12. The number of aryl methyl sites for hydroxylation is 2. The summed E-state index contributed by atoms with van der Waals surface area (Å²) in [4.78, 5) is 66.6. The second-order valence-corrected chi connectivity index (χ2v) is 26.2. The third-order valence-corrected chi connectivity index (χ3v) is 23.0. The largest absolute Gasteiger partial charge is 1.00 e. The monoisotopic (exact) mass is 1190 g/mol. The Kier molecular flexibility index (Phi) is 19.7. The molecule has 2 heterocycles. The number of nitrogens with zero attached hydrogens (tertiary/aromatic N) is 2. The summed E-state index contributed by atoms with van der Waals surface area (Å²) in [5, 5.41) is 42.3. The first-order valence-electron chi connectivity index (χ1n) is 29.0. The van der Waals surface area contributed by atoms with Gasteiger partial charge in [-0.1, -0.05) is 86.7 Å². The maximum absolute atomic E-state index is 17.5. The number of aliphatic hydroxyl groups excluding tert-OH is 2. The first kappa shape index (κ1) is 66.6. The summed E-state index contributed by atoms with van der Waals surface area (Å²) >= 11 is 0. The van der Waals surface area contributed by atoms with Crippen molar-refractivity contribution >= 4 is 30.0 Å². The van der Waals surface area contributed by atoms with Crippen molar-refractivity contribution in [1.82, 2.24) is 9.80 Å². The summed E-state index contributed by atoms with van der Waals surface area (Å²) in [5.41, 5.74) is -8.66. The number of carboxylic acid groups (broad SMARTS) is 1. The molecule has 3 N–H and O–H groups in total. The van der Waals surface area contributed by atoms with E-state index < -0.39 is 105 Å². The van der Waals surface area contributed by atoms with E-state index in [0.29, 0.717) is 39.0 Å². The van der Waals surface area contributed by atoms with E-state index in [0.717, 1.165) is 38.8 Å². The van der Waals surface area contributed by atoms with Crippen LogP contribution in [0.25, 0.3) is 0 Å². The van der Waals surface area contributed by atoms with Crippen molar-refractivity contribution in [2.75, 3.05) is 46.1 Å². The van der Waals surface area contributed by atoms with Crippen LogP contribution < -0.4 is 64.4 Å². The van der Waals surface area contributed by atoms with Gasteiger partial charge < -0.3 is 41.4 Å². The number of hydrogen-bond acceptors (Lipinski definition) is 12. The van der Waals surface area contributed by atoms with Gasteiger partial charge in [0.1, 0.15) is 12.3 Å². The number of ether oxygens (including phenoxy) is 1. The summed E-state index contributed by atoms with van der Waals surface area (Å²) in [5.74, 6) is -5.18. The van der Waals surface area contributed by atoms with Crippen molar-refractivity contribution in [2.45, 2.75) is 128 Å². The van der Waals surface area contributed by atoms with Crippen molar-refractivity contribution < 1.29 is 137 Å². The van der Waals surface area contributed by atoms with Gasteiger partial charge in [0.25, 0.3) is 6.47 Å². The zero-order valence-corrected chi connectivity index (χ0v) is 53.0. The molecule has 446 valence electrons. The van der Waals surface area contributed by atoms with Gasteiger partial charge in [-0.2, -0.15) is 0 Å². The summed E-state index contributed by atoms with van der Waals surface area (Å²) in [6.45, 7) is 8.96. The SMILES string of the molecule is C[C@]12C=CC(=O)C=C1[C@@H](F)C[C@H]1[C@@H]3C[C@H]4CN(CCCc5ccccc5)C[C@@]4(C(=O)O)[C@@]3(C)C[C@H](O)[C@@]12F.C[C@]12C=CC(=O)C=C1[C@@H](F)C[C@H]1[C@@H]3C[C@H]4CN(CCCc5ccccc5)C[C@@]4(C(=O)OCF)[C@@]3(C)C[C@H](O)[C@@]12F.O=CO[O-].[H-].[Na+].[Na+]. The minimum absolute atomic E-state index is 0. The van der Waals surface area contributed by atoms with Crippen molar-refractivity contribution in [1.29, 1.82) is 0 Å². The first-order chi connectivity index (χ1) is 38.9. The van der Waals surface area contributed by atoms with Gasteiger partial charge in [0.05, 0.1) is 23.0 Å². The normalized spacial score (nSPS) is 41.8. The van der Waals surface area contributed by atoms with E-state index in [1.165, 1.54) is 47.6 Å². The standard InChI is InChI=1S/C32H38F3NO4.C31H37F2NO4.CH2O3.2Na.H/c1-29-11-10-22(37)14-25(29)26(34)15-24-23-13-21-17-36(12-6-9-20-7-4-3-5-8-20)18-31(21,28(39)40-19-33)30(23,2)16-27(38)32(24,29)35;1-28-11-10-21(35)14-24(28)25(32)15-23-22-13-20-17-34(12-6-9-19-7-4-3-5-8-19)18-30(20,27(37)38)29(22,2)16-26(36)31(23,28)33;2-1-4-3;;;/h3-5,7-8,10-11,14,21,23-24,26-27,38H,6,9,12-13,15-19H2,1-2H3;3-5,7-8,10-11,14,20,22-23,25-26,36H,6,9,12-13,15-18H2,1-2H3,(H,37,38);1,3H;;;/q;;;2*+1;-1/p-1/t21-,23-,24-,26-,27-,29-,30-,31+,32-;20-,22-,23-,25-,26-,28-,29-,30+,31-;;;;/m00..../s1. The molecule has 2 aromatic rings. The Balaban J connectivity index is 0.000000222. The number of ketones is 2. The van der Waals surface area contributed by atoms with Crippen LogP contribution in [0.3, 0.4) is 0 Å². The van der Waals surface area contributed by atoms with Gasteiger partial charge in [-0.15, -0.1) is 0 Å². The number of aliphatic hydroxyl groups is 2. The summed E-state index contributed by atoms with van der Waals surface area (Å²) in [7, 11) is 0. The Bertz CT molecular complexity index is 2950. The van der Waals surface area contributed by atoms with Crippen LogP contribution in [0.5, 0.6) is 0 Å². The van der Waals surface area contributed by atoms with E-state index >= 15 is 17.6 Å². The molecular formula is C64H77F5N2Na2O11. The molecule has 18 atom stereocenters. The summed E-state index contributed by atoms with van der Waals surface area (Å²) < 4.78 is 84.8. The molecule has 0 spiro atoms. The predicted molar refractivity (Wildman–Crippen MR) is 290 cm³/mol. The van der Waals surface area contributed by atoms with Crippen molar-refractivity contribution in [3.63, 3.8) is 0 Å². The number of likely N-dealkylation sites (tertiary alicyclic amines) is 2. The van der Waals surface area contributed by atoms with Crippen molar-refractivity contribution in [3.8, 4) is 0 Å². The Hall–Kier alpha value is -3.40. The number of fused-ring (bicyclic) bond motifs is 14. The van der Waals surface area contributed by atoms with Crippen LogP contribution >= 0.6 is 0 Å². The smallest absolute Gasteiger partial charge is 1.00 e. The van der Waals surface area contributed by atoms with Crippen LogP contribution in [0, 0.1) is 68.0 Å². The Labute approximate surface area is 533 Å². The van der Waals surface area contributed by atoms with Gasteiger partial charge in [-0.25, -0.2) is 22.0 Å². The molecule has 8 fully saturated rings. The molecule has 12 rings (SSSR count). The molecule has 20 heteroatoms. The number of benzene rings is 2. The molecule has 2 saturated heterocycles. The second kappa shape index (κ2) is 24.9. The number of alkyl halides is 5. The maximum atomic E-state index is 17.5. The van der Waals surface area contributed by atoms with Gasteiger partial charge in [0.2, 0.25) is 6.86 Å². The number of allylic oxidation sites excluding steroid dienone is 8. The molecule has 0 bridgehead atoms. The fourth-order valence-electron chi connectivity index (χ4n) is 19.3. The minimum atomic E-state index is -2.21. The van der Waals surface area contributed by atoms with E-state index in [1.807, 2.05) is 50.2 Å². The van der Waals surface area contributed by atoms with Gasteiger partial charge >= 0.3 is 71.1 Å². The predicted octanol–water partition coefficient (Wildman–Crippen LogP) is 2.04. The quantitative estimate of drug-likeness (QED) is 0.0700. The van der Waals surface area contributed by atoms with Gasteiger partial charge in [0, 0.05) is 48.8 Å². The number of esters is 1. The molecule has 8 aliphatic carbocycles.